The van der Waals surface area contributed by atoms with Crippen molar-refractivity contribution in [3.63, 3.8) is 0 Å². The summed E-state index contributed by atoms with van der Waals surface area (Å²) in [7, 11) is 0. The Kier molecular flexibility index (Phi) is 3.35. The summed E-state index contributed by atoms with van der Waals surface area (Å²) in [5.41, 5.74) is 4.81. The van der Waals surface area contributed by atoms with Gasteiger partial charge in [-0.25, -0.2) is 5.84 Å². The zero-order chi connectivity index (χ0) is 15.0. The number of aromatic nitrogens is 1. The summed E-state index contributed by atoms with van der Waals surface area (Å²) in [5.74, 6) is 4.58. The fourth-order valence-corrected chi connectivity index (χ4v) is 2.46. The summed E-state index contributed by atoms with van der Waals surface area (Å²) in [6, 6.07) is 11.5. The molecule has 108 valence electrons. The van der Waals surface area contributed by atoms with Gasteiger partial charge in [-0.1, -0.05) is 29.8 Å². The zero-order valence-corrected chi connectivity index (χ0v) is 11.8. The number of carbonyl (C=O) groups is 1. The predicted molar refractivity (Wildman–Crippen MR) is 80.8 cm³/mol. The molecule has 1 saturated carbocycles. The minimum Gasteiger partial charge on any atom is -0.305 e. The molecule has 5 heteroatoms. The number of hydrogen-bond donors (Lipinski definition) is 2. The Hall–Kier alpha value is -2.40. The number of rotatable bonds is 3. The van der Waals surface area contributed by atoms with Crippen LogP contribution in [0.15, 0.2) is 41.2 Å². The second-order valence-electron chi connectivity index (χ2n) is 5.38. The van der Waals surface area contributed by atoms with Crippen LogP contribution in [0.4, 0.5) is 0 Å². The molecule has 0 saturated heterocycles. The van der Waals surface area contributed by atoms with E-state index in [4.69, 9.17) is 5.84 Å². The molecule has 21 heavy (non-hydrogen) atoms. The molecule has 0 aliphatic heterocycles. The summed E-state index contributed by atoms with van der Waals surface area (Å²) in [4.78, 5) is 24.2. The Morgan fingerprint density at radius 3 is 2.43 bits per heavy atom. The van der Waals surface area contributed by atoms with Crippen molar-refractivity contribution in [1.29, 1.82) is 0 Å². The Bertz CT molecular complexity index is 743. The van der Waals surface area contributed by atoms with Gasteiger partial charge in [0.1, 0.15) is 5.56 Å². The van der Waals surface area contributed by atoms with Crippen LogP contribution >= 0.6 is 0 Å². The first-order valence-electron chi connectivity index (χ1n) is 6.95. The van der Waals surface area contributed by atoms with E-state index < -0.39 is 5.91 Å². The third-order valence-electron chi connectivity index (χ3n) is 3.75. The second-order valence-corrected chi connectivity index (χ2v) is 5.38. The lowest BCUT2D eigenvalue weighted by Gasteiger charge is -2.14. The highest BCUT2D eigenvalue weighted by molar-refractivity contribution is 5.93. The molecule has 1 fully saturated rings. The van der Waals surface area contributed by atoms with E-state index in [2.05, 4.69) is 0 Å². The first-order valence-corrected chi connectivity index (χ1v) is 6.95. The average molecular weight is 283 g/mol. The topological polar surface area (TPSA) is 77.1 Å². The number of benzene rings is 1. The van der Waals surface area contributed by atoms with Crippen molar-refractivity contribution in [3.8, 4) is 11.3 Å². The molecule has 1 aromatic carbocycles. The summed E-state index contributed by atoms with van der Waals surface area (Å²) in [6.07, 6.45) is 1.93. The van der Waals surface area contributed by atoms with Crippen LogP contribution in [0.25, 0.3) is 11.3 Å². The van der Waals surface area contributed by atoms with Crippen LogP contribution in [-0.2, 0) is 0 Å². The smallest absolute Gasteiger partial charge is 0.270 e. The second kappa shape index (κ2) is 5.18. The van der Waals surface area contributed by atoms with Crippen LogP contribution in [0.2, 0.25) is 0 Å². The number of amides is 1. The molecule has 0 atom stereocenters. The van der Waals surface area contributed by atoms with E-state index in [0.717, 1.165) is 29.7 Å². The molecule has 1 heterocycles. The van der Waals surface area contributed by atoms with E-state index in [1.807, 2.05) is 42.7 Å². The number of hydrazine groups is 1. The highest BCUT2D eigenvalue weighted by Crippen LogP contribution is 2.37. The molecule has 1 amide bonds. The van der Waals surface area contributed by atoms with Crippen LogP contribution in [0, 0.1) is 6.92 Å². The van der Waals surface area contributed by atoms with E-state index >= 15 is 0 Å². The maximum absolute atomic E-state index is 12.6. The summed E-state index contributed by atoms with van der Waals surface area (Å²) in [5, 5.41) is 0. The lowest BCUT2D eigenvalue weighted by atomic mass is 10.1. The van der Waals surface area contributed by atoms with Gasteiger partial charge in [-0.15, -0.1) is 0 Å². The van der Waals surface area contributed by atoms with Crippen molar-refractivity contribution in [2.75, 3.05) is 0 Å². The van der Waals surface area contributed by atoms with Crippen molar-refractivity contribution in [3.05, 3.63) is 57.9 Å². The van der Waals surface area contributed by atoms with Gasteiger partial charge in [0.15, 0.2) is 0 Å². The van der Waals surface area contributed by atoms with Crippen molar-refractivity contribution >= 4 is 5.91 Å². The quantitative estimate of drug-likeness (QED) is 0.512. The number of aryl methyl sites for hydroxylation is 1. The van der Waals surface area contributed by atoms with Gasteiger partial charge in [0.25, 0.3) is 11.5 Å². The number of carbonyl (C=O) groups excluding carboxylic acids is 1. The average Bonchev–Trinajstić information content (AvgIpc) is 3.31. The van der Waals surface area contributed by atoms with E-state index in [1.165, 1.54) is 0 Å². The minimum absolute atomic E-state index is 0.0836. The van der Waals surface area contributed by atoms with Crippen LogP contribution in [0.5, 0.6) is 0 Å². The summed E-state index contributed by atoms with van der Waals surface area (Å²) < 4.78 is 1.72. The highest BCUT2D eigenvalue weighted by Gasteiger charge is 2.28. The monoisotopic (exact) mass is 283 g/mol. The van der Waals surface area contributed by atoms with Gasteiger partial charge < -0.3 is 4.57 Å². The first-order chi connectivity index (χ1) is 10.1. The number of nitrogen functional groups attached to an aromatic ring is 1. The van der Waals surface area contributed by atoms with E-state index in [0.29, 0.717) is 0 Å². The van der Waals surface area contributed by atoms with Crippen molar-refractivity contribution in [1.82, 2.24) is 9.99 Å². The Morgan fingerprint density at radius 2 is 1.86 bits per heavy atom. The van der Waals surface area contributed by atoms with Crippen LogP contribution in [-0.4, -0.2) is 10.5 Å². The van der Waals surface area contributed by atoms with Gasteiger partial charge in [-0.2, -0.15) is 0 Å². The molecule has 3 N–H and O–H groups in total. The number of hydrogen-bond acceptors (Lipinski definition) is 3. The van der Waals surface area contributed by atoms with Crippen molar-refractivity contribution in [2.45, 2.75) is 25.8 Å². The van der Waals surface area contributed by atoms with Gasteiger partial charge >= 0.3 is 0 Å². The fraction of sp³-hybridized carbons (Fsp3) is 0.250. The summed E-state index contributed by atoms with van der Waals surface area (Å²) in [6.45, 7) is 2.02. The molecule has 2 aromatic rings. The minimum atomic E-state index is -0.551. The standard InChI is InChI=1S/C16H17N3O2/c1-10-2-4-11(5-3-10)14-9-8-13(15(20)18-17)16(21)19(14)12-6-7-12/h2-5,8-9,12H,6-7,17H2,1H3,(H,18,20). The van der Waals surface area contributed by atoms with E-state index in [1.54, 1.807) is 10.6 Å². The Balaban J connectivity index is 2.17. The van der Waals surface area contributed by atoms with Gasteiger partial charge in [-0.3, -0.25) is 15.0 Å². The molecule has 0 radical (unpaired) electrons. The normalized spacial score (nSPS) is 14.0. The molecular weight excluding hydrogens is 266 g/mol. The van der Waals surface area contributed by atoms with Crippen LogP contribution < -0.4 is 16.8 Å². The third kappa shape index (κ3) is 2.48. The molecule has 1 aliphatic rings. The maximum atomic E-state index is 12.6. The molecule has 5 nitrogen and oxygen atoms in total. The number of pyridine rings is 1. The Morgan fingerprint density at radius 1 is 1.19 bits per heavy atom. The molecular formula is C16H17N3O2. The molecule has 0 bridgehead atoms. The molecule has 1 aliphatic carbocycles. The van der Waals surface area contributed by atoms with Gasteiger partial charge in [0.2, 0.25) is 0 Å². The number of nitrogens with two attached hydrogens (primary N) is 1. The lowest BCUT2D eigenvalue weighted by Crippen LogP contribution is -2.36. The predicted octanol–water partition coefficient (Wildman–Crippen LogP) is 1.76. The number of nitrogens with zero attached hydrogens (tertiary/aromatic N) is 1. The largest absolute Gasteiger partial charge is 0.305 e. The lowest BCUT2D eigenvalue weighted by molar-refractivity contribution is 0.0951. The van der Waals surface area contributed by atoms with E-state index in [9.17, 15) is 9.59 Å². The van der Waals surface area contributed by atoms with Crippen molar-refractivity contribution < 1.29 is 4.79 Å². The summed E-state index contributed by atoms with van der Waals surface area (Å²) >= 11 is 0. The first kappa shape index (κ1) is 13.6. The Labute approximate surface area is 122 Å². The molecule has 0 spiro atoms. The van der Waals surface area contributed by atoms with Gasteiger partial charge in [0.05, 0.1) is 5.69 Å². The molecule has 3 rings (SSSR count). The zero-order valence-electron chi connectivity index (χ0n) is 11.8. The molecule has 1 aromatic heterocycles. The SMILES string of the molecule is Cc1ccc(-c2ccc(C(=O)NN)c(=O)n2C2CC2)cc1. The van der Waals surface area contributed by atoms with Crippen LogP contribution in [0.1, 0.15) is 34.8 Å². The highest BCUT2D eigenvalue weighted by atomic mass is 16.2. The van der Waals surface area contributed by atoms with Crippen LogP contribution in [0.3, 0.4) is 0 Å². The van der Waals surface area contributed by atoms with Gasteiger partial charge in [-0.05, 0) is 37.5 Å². The number of nitrogens with one attached hydrogen (secondary N) is 1. The fourth-order valence-electron chi connectivity index (χ4n) is 2.46. The maximum Gasteiger partial charge on any atom is 0.270 e. The molecule has 0 unspecified atom stereocenters. The van der Waals surface area contributed by atoms with Gasteiger partial charge in [0, 0.05) is 6.04 Å². The third-order valence-corrected chi connectivity index (χ3v) is 3.75. The van der Waals surface area contributed by atoms with E-state index in [-0.39, 0.29) is 17.2 Å². The van der Waals surface area contributed by atoms with Crippen molar-refractivity contribution in [2.24, 2.45) is 5.84 Å².